The molecule has 3 unspecified atom stereocenters. The van der Waals surface area contributed by atoms with Gasteiger partial charge in [0.15, 0.2) is 0 Å². The largest absolute Gasteiger partial charge is 0.369 e. The Hall–Kier alpha value is -4.69. The van der Waals surface area contributed by atoms with E-state index in [-0.39, 0.29) is 49.5 Å². The van der Waals surface area contributed by atoms with Crippen LogP contribution in [-0.4, -0.2) is 79.1 Å². The van der Waals surface area contributed by atoms with Crippen LogP contribution in [0.3, 0.4) is 0 Å². The van der Waals surface area contributed by atoms with Gasteiger partial charge >= 0.3 is 6.03 Å². The maximum Gasteiger partial charge on any atom is 0.312 e. The Morgan fingerprint density at radius 1 is 1.02 bits per heavy atom. The van der Waals surface area contributed by atoms with Crippen molar-refractivity contribution in [2.45, 2.75) is 51.6 Å². The molecule has 0 spiro atoms. The highest BCUT2D eigenvalue weighted by molar-refractivity contribution is 5.97. The summed E-state index contributed by atoms with van der Waals surface area (Å²) in [5, 5.41) is 12.7. The number of hydrogen-bond acceptors (Lipinski definition) is 7. The van der Waals surface area contributed by atoms with E-state index in [4.69, 9.17) is 11.5 Å². The zero-order valence-corrected chi connectivity index (χ0v) is 23.6. The number of carbonyl (C=O) groups is 7. The second-order valence-electron chi connectivity index (χ2n) is 10.1. The minimum absolute atomic E-state index is 0.0523. The van der Waals surface area contributed by atoms with Crippen LogP contribution in [0.2, 0.25) is 0 Å². The Bertz CT molecular complexity index is 1130. The van der Waals surface area contributed by atoms with Crippen molar-refractivity contribution in [1.29, 1.82) is 0 Å². The van der Waals surface area contributed by atoms with Gasteiger partial charge in [-0.25, -0.2) is 4.79 Å². The molecule has 1 fully saturated rings. The summed E-state index contributed by atoms with van der Waals surface area (Å²) in [4.78, 5) is 84.8. The van der Waals surface area contributed by atoms with Crippen molar-refractivity contribution in [3.05, 3.63) is 29.8 Å². The number of nitrogens with two attached hydrogens (primary N) is 2. The second kappa shape index (κ2) is 17.2. The number of urea groups is 1. The fourth-order valence-corrected chi connectivity index (χ4v) is 4.57. The number of benzene rings is 1. The highest BCUT2D eigenvalue weighted by atomic mass is 16.2. The second-order valence-corrected chi connectivity index (χ2v) is 10.1. The summed E-state index contributed by atoms with van der Waals surface area (Å²) >= 11 is 0. The van der Waals surface area contributed by atoms with Crippen LogP contribution in [0.15, 0.2) is 24.3 Å². The van der Waals surface area contributed by atoms with Crippen molar-refractivity contribution in [1.82, 2.24) is 26.2 Å². The fraction of sp³-hybridized carbons (Fsp3) is 0.519. The minimum atomic E-state index is -0.979. The summed E-state index contributed by atoms with van der Waals surface area (Å²) in [5.74, 6) is -2.58. The van der Waals surface area contributed by atoms with Gasteiger partial charge in [0.05, 0.1) is 6.54 Å². The number of nitrogens with zero attached hydrogens (tertiary/aromatic N) is 1. The first-order valence-electron chi connectivity index (χ1n) is 13.7. The van der Waals surface area contributed by atoms with Crippen LogP contribution >= 0.6 is 0 Å². The molecule has 42 heavy (non-hydrogen) atoms. The SMILES string of the molecule is CC1CN(C(=O)CCC(=O)NCC(=O)NC(CCCNC(N)=O)C(=O)Nc2ccc(CNC=O)cc2)CCC1C(N)=O. The number of nitrogens with one attached hydrogen (secondary N) is 5. The van der Waals surface area contributed by atoms with Crippen molar-refractivity contribution in [3.8, 4) is 0 Å². The highest BCUT2D eigenvalue weighted by Gasteiger charge is 2.31. The molecule has 1 aromatic rings. The average Bonchev–Trinajstić information content (AvgIpc) is 2.95. The number of amides is 8. The molecule has 3 atom stereocenters. The van der Waals surface area contributed by atoms with Gasteiger partial charge in [-0.3, -0.25) is 28.8 Å². The van der Waals surface area contributed by atoms with Crippen LogP contribution in [0.1, 0.15) is 44.6 Å². The average molecular weight is 589 g/mol. The first-order valence-corrected chi connectivity index (χ1v) is 13.7. The monoisotopic (exact) mass is 588 g/mol. The van der Waals surface area contributed by atoms with Crippen molar-refractivity contribution in [2.24, 2.45) is 23.3 Å². The Labute approximate surface area is 243 Å². The van der Waals surface area contributed by atoms with Crippen molar-refractivity contribution < 1.29 is 33.6 Å². The van der Waals surface area contributed by atoms with Gasteiger partial charge in [-0.1, -0.05) is 19.1 Å². The predicted octanol–water partition coefficient (Wildman–Crippen LogP) is -1.33. The maximum absolute atomic E-state index is 12.9. The van der Waals surface area contributed by atoms with Crippen LogP contribution in [0.25, 0.3) is 0 Å². The molecule has 9 N–H and O–H groups in total. The topological polar surface area (TPSA) is 235 Å². The molecule has 15 nitrogen and oxygen atoms in total. The first-order chi connectivity index (χ1) is 20.0. The van der Waals surface area contributed by atoms with Gasteiger partial charge in [-0.15, -0.1) is 0 Å². The normalized spacial score (nSPS) is 16.8. The molecule has 0 saturated carbocycles. The molecular formula is C27H40N8O7. The summed E-state index contributed by atoms with van der Waals surface area (Å²) in [7, 11) is 0. The lowest BCUT2D eigenvalue weighted by molar-refractivity contribution is -0.138. The smallest absolute Gasteiger partial charge is 0.312 e. The van der Waals surface area contributed by atoms with E-state index in [2.05, 4.69) is 26.6 Å². The zero-order valence-electron chi connectivity index (χ0n) is 23.6. The molecule has 0 radical (unpaired) electrons. The van der Waals surface area contributed by atoms with E-state index in [1.165, 1.54) is 0 Å². The van der Waals surface area contributed by atoms with Crippen LogP contribution < -0.4 is 38.1 Å². The third-order valence-corrected chi connectivity index (χ3v) is 6.87. The lowest BCUT2D eigenvalue weighted by Gasteiger charge is -2.35. The Balaban J connectivity index is 1.84. The Morgan fingerprint density at radius 2 is 1.74 bits per heavy atom. The summed E-state index contributed by atoms with van der Waals surface area (Å²) in [5.41, 5.74) is 11.8. The standard InChI is InChI=1S/C27H40N8O7/c1-17-15-35(12-10-20(17)25(28)40)24(39)9-8-22(37)32-14-23(38)34-21(3-2-11-31-27(29)42)26(41)33-19-6-4-18(5-7-19)13-30-16-36/h4-7,16-17,20-21H,2-3,8-15H2,1H3,(H2,28,40)(H,30,36)(H,32,37)(H,33,41)(H,34,38)(H3,29,31,42). The van der Waals surface area contributed by atoms with E-state index in [1.807, 2.05) is 6.92 Å². The summed E-state index contributed by atoms with van der Waals surface area (Å²) in [6, 6.07) is 5.05. The molecule has 0 aromatic heterocycles. The molecule has 1 aromatic carbocycles. The van der Waals surface area contributed by atoms with Crippen LogP contribution in [0.5, 0.6) is 0 Å². The van der Waals surface area contributed by atoms with Crippen molar-refractivity contribution in [3.63, 3.8) is 0 Å². The molecule has 1 saturated heterocycles. The highest BCUT2D eigenvalue weighted by Crippen LogP contribution is 2.23. The quantitative estimate of drug-likeness (QED) is 0.0906. The van der Waals surface area contributed by atoms with E-state index in [1.54, 1.807) is 29.2 Å². The summed E-state index contributed by atoms with van der Waals surface area (Å²) in [6.07, 6.45) is 1.39. The summed E-state index contributed by atoms with van der Waals surface area (Å²) < 4.78 is 0. The lowest BCUT2D eigenvalue weighted by Crippen LogP contribution is -2.48. The van der Waals surface area contributed by atoms with E-state index >= 15 is 0 Å². The molecule has 230 valence electrons. The number of primary amides is 2. The lowest BCUT2D eigenvalue weighted by atomic mass is 9.86. The fourth-order valence-electron chi connectivity index (χ4n) is 4.57. The number of hydrogen-bond donors (Lipinski definition) is 7. The molecule has 0 bridgehead atoms. The molecule has 2 rings (SSSR count). The van der Waals surface area contributed by atoms with Gasteiger partial charge in [0, 0.05) is 50.6 Å². The minimum Gasteiger partial charge on any atom is -0.369 e. The van der Waals surface area contributed by atoms with Gasteiger partial charge in [0.25, 0.3) is 0 Å². The van der Waals surface area contributed by atoms with Crippen LogP contribution in [0, 0.1) is 11.8 Å². The number of carbonyl (C=O) groups excluding carboxylic acids is 7. The van der Waals surface area contributed by atoms with Gasteiger partial charge in [-0.05, 0) is 42.9 Å². The number of piperidine rings is 1. The van der Waals surface area contributed by atoms with Gasteiger partial charge in [-0.2, -0.15) is 0 Å². The third kappa shape index (κ3) is 11.8. The molecular weight excluding hydrogens is 548 g/mol. The number of rotatable bonds is 16. The maximum atomic E-state index is 12.9. The first kappa shape index (κ1) is 33.5. The molecule has 15 heteroatoms. The molecule has 1 aliphatic heterocycles. The van der Waals surface area contributed by atoms with Crippen molar-refractivity contribution >= 4 is 47.7 Å². The van der Waals surface area contributed by atoms with E-state index in [9.17, 15) is 33.6 Å². The van der Waals surface area contributed by atoms with Gasteiger partial charge < -0.3 is 43.0 Å². The third-order valence-electron chi connectivity index (χ3n) is 6.87. The van der Waals surface area contributed by atoms with Crippen LogP contribution in [0.4, 0.5) is 10.5 Å². The molecule has 8 amide bonds. The number of anilines is 1. The van der Waals surface area contributed by atoms with E-state index < -0.39 is 36.3 Å². The zero-order chi connectivity index (χ0) is 31.1. The molecule has 1 heterocycles. The molecule has 0 aliphatic carbocycles. The van der Waals surface area contributed by atoms with Gasteiger partial charge in [0.2, 0.25) is 35.9 Å². The van der Waals surface area contributed by atoms with Crippen LogP contribution in [-0.2, 0) is 35.3 Å². The molecule has 1 aliphatic rings. The van der Waals surface area contributed by atoms with Gasteiger partial charge in [0.1, 0.15) is 6.04 Å². The predicted molar refractivity (Wildman–Crippen MR) is 152 cm³/mol. The van der Waals surface area contributed by atoms with Crippen molar-refractivity contribution in [2.75, 3.05) is 31.5 Å². The van der Waals surface area contributed by atoms with E-state index in [0.717, 1.165) is 5.56 Å². The number of likely N-dealkylation sites (tertiary alicyclic amines) is 1. The van der Waals surface area contributed by atoms with E-state index in [0.29, 0.717) is 44.6 Å². The Morgan fingerprint density at radius 3 is 2.36 bits per heavy atom. The Kier molecular flexibility index (Phi) is 13.7. The summed E-state index contributed by atoms with van der Waals surface area (Å²) in [6.45, 7) is 2.75.